The van der Waals surface area contributed by atoms with E-state index in [-0.39, 0.29) is 5.95 Å². The van der Waals surface area contributed by atoms with E-state index < -0.39 is 0 Å². The summed E-state index contributed by atoms with van der Waals surface area (Å²) >= 11 is 5.84. The molecule has 2 rings (SSSR count). The monoisotopic (exact) mass is 226 g/mol. The van der Waals surface area contributed by atoms with Crippen LogP contribution in [0, 0.1) is 5.41 Å². The van der Waals surface area contributed by atoms with Gasteiger partial charge >= 0.3 is 0 Å². The predicted molar refractivity (Wildman–Crippen MR) is 62.1 cm³/mol. The van der Waals surface area contributed by atoms with E-state index in [1.54, 1.807) is 6.07 Å². The molecular weight excluding hydrogens is 212 g/mol. The summed E-state index contributed by atoms with van der Waals surface area (Å²) in [6, 6.07) is 1.76. The van der Waals surface area contributed by atoms with Crippen molar-refractivity contribution in [2.45, 2.75) is 20.3 Å². The highest BCUT2D eigenvalue weighted by Gasteiger charge is 2.30. The molecule has 0 saturated carbocycles. The van der Waals surface area contributed by atoms with E-state index in [4.69, 9.17) is 17.3 Å². The molecule has 0 radical (unpaired) electrons. The summed E-state index contributed by atoms with van der Waals surface area (Å²) in [6.07, 6.45) is 1.16. The predicted octanol–water partition coefficient (Wildman–Crippen LogP) is 1.95. The van der Waals surface area contributed by atoms with Gasteiger partial charge in [-0.25, -0.2) is 4.98 Å². The second-order valence-electron chi connectivity index (χ2n) is 4.74. The van der Waals surface area contributed by atoms with Gasteiger partial charge < -0.3 is 10.6 Å². The van der Waals surface area contributed by atoms with Crippen molar-refractivity contribution in [2.24, 2.45) is 5.41 Å². The number of anilines is 2. The normalized spacial score (nSPS) is 19.5. The van der Waals surface area contributed by atoms with Gasteiger partial charge in [-0.1, -0.05) is 25.4 Å². The van der Waals surface area contributed by atoms with E-state index in [9.17, 15) is 0 Å². The van der Waals surface area contributed by atoms with Gasteiger partial charge in [0.1, 0.15) is 11.0 Å². The SMILES string of the molecule is CC1(C)CCN(c2cc(Cl)nc(N)n2)C1. The van der Waals surface area contributed by atoms with Gasteiger partial charge in [0.25, 0.3) is 0 Å². The maximum atomic E-state index is 5.84. The molecule has 0 aliphatic carbocycles. The fraction of sp³-hybridized carbons (Fsp3) is 0.600. The van der Waals surface area contributed by atoms with Crippen molar-refractivity contribution in [3.8, 4) is 0 Å². The summed E-state index contributed by atoms with van der Waals surface area (Å²) in [4.78, 5) is 10.2. The van der Waals surface area contributed by atoms with Crippen molar-refractivity contribution in [3.63, 3.8) is 0 Å². The van der Waals surface area contributed by atoms with Crippen molar-refractivity contribution < 1.29 is 0 Å². The van der Waals surface area contributed by atoms with Crippen LogP contribution in [-0.4, -0.2) is 23.1 Å². The van der Waals surface area contributed by atoms with Crippen LogP contribution in [0.3, 0.4) is 0 Å². The lowest BCUT2D eigenvalue weighted by Crippen LogP contribution is -2.24. The molecule has 4 nitrogen and oxygen atoms in total. The molecule has 0 aromatic carbocycles. The van der Waals surface area contributed by atoms with E-state index in [0.29, 0.717) is 10.6 Å². The van der Waals surface area contributed by atoms with E-state index in [1.807, 2.05) is 0 Å². The summed E-state index contributed by atoms with van der Waals surface area (Å²) < 4.78 is 0. The molecule has 2 N–H and O–H groups in total. The number of hydrogen-bond acceptors (Lipinski definition) is 4. The molecule has 1 aliphatic rings. The minimum Gasteiger partial charge on any atom is -0.368 e. The number of hydrogen-bond donors (Lipinski definition) is 1. The Bertz CT molecular complexity index is 357. The van der Waals surface area contributed by atoms with Gasteiger partial charge in [0.2, 0.25) is 5.95 Å². The number of nitrogens with two attached hydrogens (primary N) is 1. The van der Waals surface area contributed by atoms with Gasteiger partial charge in [0.05, 0.1) is 0 Å². The van der Waals surface area contributed by atoms with Gasteiger partial charge in [0, 0.05) is 19.2 Å². The first kappa shape index (κ1) is 10.5. The second-order valence-corrected chi connectivity index (χ2v) is 5.13. The summed E-state index contributed by atoms with van der Waals surface area (Å²) in [7, 11) is 0. The molecule has 0 unspecified atom stereocenters. The number of rotatable bonds is 1. The molecule has 15 heavy (non-hydrogen) atoms. The van der Waals surface area contributed by atoms with Crippen LogP contribution in [0.15, 0.2) is 6.07 Å². The summed E-state index contributed by atoms with van der Waals surface area (Å²) in [5, 5.41) is 0.405. The molecule has 0 spiro atoms. The molecule has 5 heteroatoms. The first-order valence-electron chi connectivity index (χ1n) is 5.01. The minimum atomic E-state index is 0.238. The fourth-order valence-corrected chi connectivity index (χ4v) is 2.08. The molecular formula is C10H15ClN4. The van der Waals surface area contributed by atoms with Crippen LogP contribution in [0.4, 0.5) is 11.8 Å². The number of nitrogen functional groups attached to an aromatic ring is 1. The maximum absolute atomic E-state index is 5.84. The van der Waals surface area contributed by atoms with Crippen LogP contribution in [-0.2, 0) is 0 Å². The summed E-state index contributed by atoms with van der Waals surface area (Å²) in [5.74, 6) is 1.07. The zero-order chi connectivity index (χ0) is 11.1. The van der Waals surface area contributed by atoms with Gasteiger partial charge in [0.15, 0.2) is 0 Å². The lowest BCUT2D eigenvalue weighted by Gasteiger charge is -2.20. The molecule has 1 aromatic heterocycles. The average Bonchev–Trinajstić information content (AvgIpc) is 2.44. The van der Waals surface area contributed by atoms with Crippen LogP contribution in [0.5, 0.6) is 0 Å². The lowest BCUT2D eigenvalue weighted by atomic mass is 9.93. The minimum absolute atomic E-state index is 0.238. The zero-order valence-electron chi connectivity index (χ0n) is 9.00. The van der Waals surface area contributed by atoms with Crippen molar-refractivity contribution in [2.75, 3.05) is 23.7 Å². The molecule has 2 heterocycles. The average molecular weight is 227 g/mol. The third kappa shape index (κ3) is 2.31. The van der Waals surface area contributed by atoms with Crippen molar-refractivity contribution in [1.29, 1.82) is 0 Å². The maximum Gasteiger partial charge on any atom is 0.223 e. The van der Waals surface area contributed by atoms with Crippen LogP contribution < -0.4 is 10.6 Å². The smallest absolute Gasteiger partial charge is 0.223 e. The third-order valence-corrected chi connectivity index (χ3v) is 2.89. The largest absolute Gasteiger partial charge is 0.368 e. The Labute approximate surface area is 94.5 Å². The van der Waals surface area contributed by atoms with Crippen LogP contribution in [0.25, 0.3) is 0 Å². The third-order valence-electron chi connectivity index (χ3n) is 2.70. The van der Waals surface area contributed by atoms with Crippen LogP contribution in [0.2, 0.25) is 5.15 Å². The molecule has 1 aromatic rings. The van der Waals surface area contributed by atoms with Crippen molar-refractivity contribution >= 4 is 23.4 Å². The van der Waals surface area contributed by atoms with E-state index in [1.165, 1.54) is 0 Å². The quantitative estimate of drug-likeness (QED) is 0.744. The topological polar surface area (TPSA) is 55.0 Å². The number of halogens is 1. The highest BCUT2D eigenvalue weighted by molar-refractivity contribution is 6.29. The first-order chi connectivity index (χ1) is 6.96. The molecule has 0 bridgehead atoms. The Kier molecular flexibility index (Phi) is 2.46. The number of nitrogens with zero attached hydrogens (tertiary/aromatic N) is 3. The van der Waals surface area contributed by atoms with Crippen LogP contribution in [0.1, 0.15) is 20.3 Å². The fourth-order valence-electron chi connectivity index (χ4n) is 1.89. The Morgan fingerprint density at radius 1 is 1.47 bits per heavy atom. The highest BCUT2D eigenvalue weighted by atomic mass is 35.5. The Hall–Kier alpha value is -1.03. The van der Waals surface area contributed by atoms with Gasteiger partial charge in [-0.05, 0) is 11.8 Å². The standard InChI is InChI=1S/C10H15ClN4/c1-10(2)3-4-15(6-10)8-5-7(11)13-9(12)14-8/h5H,3-4,6H2,1-2H3,(H2,12,13,14). The molecule has 0 amide bonds. The summed E-state index contributed by atoms with van der Waals surface area (Å²) in [6.45, 7) is 6.48. The molecule has 1 saturated heterocycles. The summed E-state index contributed by atoms with van der Waals surface area (Å²) in [5.41, 5.74) is 5.90. The Morgan fingerprint density at radius 2 is 2.20 bits per heavy atom. The number of aromatic nitrogens is 2. The van der Waals surface area contributed by atoms with Gasteiger partial charge in [-0.2, -0.15) is 4.98 Å². The molecule has 1 aliphatic heterocycles. The van der Waals surface area contributed by atoms with Crippen molar-refractivity contribution in [1.82, 2.24) is 9.97 Å². The van der Waals surface area contributed by atoms with Crippen molar-refractivity contribution in [3.05, 3.63) is 11.2 Å². The van der Waals surface area contributed by atoms with E-state index >= 15 is 0 Å². The lowest BCUT2D eigenvalue weighted by molar-refractivity contribution is 0.418. The van der Waals surface area contributed by atoms with E-state index in [2.05, 4.69) is 28.7 Å². The molecule has 82 valence electrons. The van der Waals surface area contributed by atoms with E-state index in [0.717, 1.165) is 25.3 Å². The van der Waals surface area contributed by atoms with Crippen LogP contribution >= 0.6 is 11.6 Å². The second kappa shape index (κ2) is 3.52. The molecule has 0 atom stereocenters. The van der Waals surface area contributed by atoms with Gasteiger partial charge in [-0.15, -0.1) is 0 Å². The highest BCUT2D eigenvalue weighted by Crippen LogP contribution is 2.32. The Balaban J connectivity index is 2.24. The first-order valence-corrected chi connectivity index (χ1v) is 5.39. The zero-order valence-corrected chi connectivity index (χ0v) is 9.75. The van der Waals surface area contributed by atoms with Gasteiger partial charge in [-0.3, -0.25) is 0 Å². The Morgan fingerprint density at radius 3 is 2.73 bits per heavy atom. The molecule has 1 fully saturated rings.